The lowest BCUT2D eigenvalue weighted by Crippen LogP contribution is -2.57. The Bertz CT molecular complexity index is 303. The van der Waals surface area contributed by atoms with Gasteiger partial charge in [0.05, 0.1) is 6.07 Å². The summed E-state index contributed by atoms with van der Waals surface area (Å²) < 4.78 is 0. The number of nitrogens with one attached hydrogen (secondary N) is 1. The molecule has 88 valence electrons. The molecule has 2 aliphatic heterocycles. The van der Waals surface area contributed by atoms with E-state index in [1.807, 2.05) is 0 Å². The van der Waals surface area contributed by atoms with E-state index in [-0.39, 0.29) is 5.54 Å². The summed E-state index contributed by atoms with van der Waals surface area (Å²) >= 11 is 0. The molecule has 0 radical (unpaired) electrons. The summed E-state index contributed by atoms with van der Waals surface area (Å²) in [5.41, 5.74) is -0.192. The highest BCUT2D eigenvalue weighted by molar-refractivity contribution is 5.16. The second kappa shape index (κ2) is 4.01. The minimum absolute atomic E-state index is 0.192. The molecule has 3 nitrogen and oxygen atoms in total. The van der Waals surface area contributed by atoms with Crippen LogP contribution in [0.1, 0.15) is 38.5 Å². The van der Waals surface area contributed by atoms with Gasteiger partial charge in [-0.3, -0.25) is 5.32 Å². The molecule has 2 heterocycles. The van der Waals surface area contributed by atoms with E-state index in [4.69, 9.17) is 0 Å². The van der Waals surface area contributed by atoms with Crippen LogP contribution >= 0.6 is 0 Å². The summed E-state index contributed by atoms with van der Waals surface area (Å²) in [7, 11) is 0. The zero-order chi connectivity index (χ0) is 11.0. The number of hydrogen-bond donors (Lipinski definition) is 1. The van der Waals surface area contributed by atoms with Crippen LogP contribution in [0.2, 0.25) is 0 Å². The van der Waals surface area contributed by atoms with E-state index in [9.17, 15) is 5.26 Å². The molecule has 3 unspecified atom stereocenters. The first-order chi connectivity index (χ1) is 7.82. The minimum atomic E-state index is -0.192. The largest absolute Gasteiger partial charge is 0.303 e. The van der Waals surface area contributed by atoms with Crippen molar-refractivity contribution in [3.05, 3.63) is 0 Å². The van der Waals surface area contributed by atoms with E-state index in [2.05, 4.69) is 16.3 Å². The molecule has 0 spiro atoms. The molecule has 1 N–H and O–H groups in total. The molecular formula is C13H21N3. The third-order valence-corrected chi connectivity index (χ3v) is 4.81. The van der Waals surface area contributed by atoms with Gasteiger partial charge in [0.1, 0.15) is 5.54 Å². The van der Waals surface area contributed by atoms with Crippen molar-refractivity contribution in [2.45, 2.75) is 50.1 Å². The third-order valence-electron chi connectivity index (χ3n) is 4.81. The molecule has 16 heavy (non-hydrogen) atoms. The average molecular weight is 219 g/mol. The molecule has 3 atom stereocenters. The molecule has 0 aromatic heterocycles. The lowest BCUT2D eigenvalue weighted by atomic mass is 9.79. The second-order valence-electron chi connectivity index (χ2n) is 5.75. The summed E-state index contributed by atoms with van der Waals surface area (Å²) in [6, 6.07) is 3.25. The minimum Gasteiger partial charge on any atom is -0.303 e. The van der Waals surface area contributed by atoms with Gasteiger partial charge in [0.15, 0.2) is 0 Å². The SMILES string of the molecule is N#CC1(NC2CCCC2)CCN2CCC1C2. The van der Waals surface area contributed by atoms with Crippen LogP contribution in [-0.4, -0.2) is 36.1 Å². The van der Waals surface area contributed by atoms with Crippen LogP contribution in [0.5, 0.6) is 0 Å². The zero-order valence-electron chi connectivity index (χ0n) is 9.91. The third kappa shape index (κ3) is 1.65. The van der Waals surface area contributed by atoms with Crippen molar-refractivity contribution in [2.24, 2.45) is 5.92 Å². The van der Waals surface area contributed by atoms with Gasteiger partial charge in [-0.15, -0.1) is 0 Å². The molecule has 1 aliphatic carbocycles. The highest BCUT2D eigenvalue weighted by Crippen LogP contribution is 2.36. The van der Waals surface area contributed by atoms with Crippen LogP contribution in [0.15, 0.2) is 0 Å². The molecule has 3 fully saturated rings. The van der Waals surface area contributed by atoms with Gasteiger partial charge in [0.2, 0.25) is 0 Å². The molecule has 3 rings (SSSR count). The Hall–Kier alpha value is -0.590. The topological polar surface area (TPSA) is 39.1 Å². The van der Waals surface area contributed by atoms with E-state index < -0.39 is 0 Å². The number of rotatable bonds is 2. The Kier molecular flexibility index (Phi) is 2.65. The van der Waals surface area contributed by atoms with Crippen molar-refractivity contribution < 1.29 is 0 Å². The van der Waals surface area contributed by atoms with Crippen molar-refractivity contribution in [3.63, 3.8) is 0 Å². The standard InChI is InChI=1S/C13H21N3/c14-10-13(15-12-3-1-2-4-12)6-8-16-7-5-11(13)9-16/h11-12,15H,1-9H2. The first-order valence-corrected chi connectivity index (χ1v) is 6.74. The van der Waals surface area contributed by atoms with E-state index >= 15 is 0 Å². The van der Waals surface area contributed by atoms with Crippen LogP contribution in [0, 0.1) is 17.2 Å². The first-order valence-electron chi connectivity index (χ1n) is 6.74. The maximum absolute atomic E-state index is 9.59. The number of nitriles is 1. The van der Waals surface area contributed by atoms with Crippen molar-refractivity contribution >= 4 is 0 Å². The maximum Gasteiger partial charge on any atom is 0.112 e. The summed E-state index contributed by atoms with van der Waals surface area (Å²) in [5.74, 6) is 0.576. The number of hydrogen-bond acceptors (Lipinski definition) is 3. The molecule has 0 amide bonds. The van der Waals surface area contributed by atoms with Gasteiger partial charge >= 0.3 is 0 Å². The normalized spacial score (nSPS) is 43.4. The fourth-order valence-electron chi connectivity index (χ4n) is 3.78. The summed E-state index contributed by atoms with van der Waals surface area (Å²) in [6.45, 7) is 3.47. The molecule has 2 bridgehead atoms. The first kappa shape index (κ1) is 10.6. The Balaban J connectivity index is 1.74. The quantitative estimate of drug-likeness (QED) is 0.765. The Morgan fingerprint density at radius 1 is 1.19 bits per heavy atom. The van der Waals surface area contributed by atoms with Crippen molar-refractivity contribution in [3.8, 4) is 6.07 Å². The van der Waals surface area contributed by atoms with E-state index in [1.165, 1.54) is 38.6 Å². The van der Waals surface area contributed by atoms with E-state index in [0.29, 0.717) is 12.0 Å². The summed E-state index contributed by atoms with van der Waals surface area (Å²) in [5, 5.41) is 13.3. The summed E-state index contributed by atoms with van der Waals surface area (Å²) in [6.07, 6.45) is 7.49. The zero-order valence-corrected chi connectivity index (χ0v) is 9.91. The highest BCUT2D eigenvalue weighted by Gasteiger charge is 2.47. The van der Waals surface area contributed by atoms with Crippen molar-refractivity contribution in [2.75, 3.05) is 19.6 Å². The fraction of sp³-hybridized carbons (Fsp3) is 0.923. The maximum atomic E-state index is 9.59. The number of nitrogens with zero attached hydrogens (tertiary/aromatic N) is 2. The average Bonchev–Trinajstić information content (AvgIpc) is 2.93. The van der Waals surface area contributed by atoms with Crippen LogP contribution in [0.25, 0.3) is 0 Å². The Morgan fingerprint density at radius 3 is 2.75 bits per heavy atom. The molecule has 3 heteroatoms. The fourth-order valence-corrected chi connectivity index (χ4v) is 3.78. The van der Waals surface area contributed by atoms with Crippen LogP contribution in [-0.2, 0) is 0 Å². The Labute approximate surface area is 97.8 Å². The Morgan fingerprint density at radius 2 is 2.00 bits per heavy atom. The monoisotopic (exact) mass is 219 g/mol. The lowest BCUT2D eigenvalue weighted by Gasteiger charge is -2.40. The van der Waals surface area contributed by atoms with E-state index in [1.54, 1.807) is 0 Å². The van der Waals surface area contributed by atoms with Crippen LogP contribution in [0.4, 0.5) is 0 Å². The second-order valence-corrected chi connectivity index (χ2v) is 5.75. The van der Waals surface area contributed by atoms with Gasteiger partial charge in [0, 0.05) is 25.0 Å². The van der Waals surface area contributed by atoms with Crippen molar-refractivity contribution in [1.82, 2.24) is 10.2 Å². The van der Waals surface area contributed by atoms with Crippen molar-refractivity contribution in [1.29, 1.82) is 5.26 Å². The molecule has 1 saturated carbocycles. The number of fused-ring (bicyclic) bond motifs is 2. The predicted molar refractivity (Wildman–Crippen MR) is 62.9 cm³/mol. The summed E-state index contributed by atoms with van der Waals surface area (Å²) in [4.78, 5) is 2.51. The van der Waals surface area contributed by atoms with Crippen LogP contribution in [0.3, 0.4) is 0 Å². The van der Waals surface area contributed by atoms with Gasteiger partial charge < -0.3 is 4.90 Å². The smallest absolute Gasteiger partial charge is 0.112 e. The highest BCUT2D eigenvalue weighted by atomic mass is 15.2. The van der Waals surface area contributed by atoms with Gasteiger partial charge in [-0.2, -0.15) is 5.26 Å². The predicted octanol–water partition coefficient (Wildman–Crippen LogP) is 1.51. The molecule has 0 aromatic rings. The van der Waals surface area contributed by atoms with Gasteiger partial charge in [0.25, 0.3) is 0 Å². The molecular weight excluding hydrogens is 198 g/mol. The molecule has 2 saturated heterocycles. The van der Waals surface area contributed by atoms with Gasteiger partial charge in [-0.1, -0.05) is 12.8 Å². The van der Waals surface area contributed by atoms with Crippen LogP contribution < -0.4 is 5.32 Å². The molecule has 0 aromatic carbocycles. The van der Waals surface area contributed by atoms with Gasteiger partial charge in [-0.25, -0.2) is 0 Å². The molecule has 3 aliphatic rings. The van der Waals surface area contributed by atoms with Gasteiger partial charge in [-0.05, 0) is 32.2 Å². The lowest BCUT2D eigenvalue weighted by molar-refractivity contribution is 0.162. The number of piperidine rings is 1. The van der Waals surface area contributed by atoms with E-state index in [0.717, 1.165) is 19.5 Å².